The van der Waals surface area contributed by atoms with E-state index >= 15 is 0 Å². The first-order valence-electron chi connectivity index (χ1n) is 4.11. The quantitative estimate of drug-likeness (QED) is 0.595. The monoisotopic (exact) mass is 140 g/mol. The van der Waals surface area contributed by atoms with Gasteiger partial charge in [0.25, 0.3) is 0 Å². The van der Waals surface area contributed by atoms with Crippen LogP contribution < -0.4 is 0 Å². The summed E-state index contributed by atoms with van der Waals surface area (Å²) in [6.45, 7) is 2.43. The Balaban J connectivity index is 2.23. The number of allylic oxidation sites excluding steroid dienone is 2. The fourth-order valence-electron chi connectivity index (χ4n) is 1.43. The van der Waals surface area contributed by atoms with Crippen molar-refractivity contribution in [1.82, 2.24) is 0 Å². The molecule has 0 fully saturated rings. The standard InChI is InChI=1S/C9H16O/c1-8(7-10)6-9-4-2-3-5-9/h4,8,10H,2-3,5-7H2,1H3/t8-/m1/s1. The third-order valence-electron chi connectivity index (χ3n) is 2.06. The van der Waals surface area contributed by atoms with Gasteiger partial charge in [-0.25, -0.2) is 0 Å². The maximum absolute atomic E-state index is 8.77. The van der Waals surface area contributed by atoms with E-state index in [9.17, 15) is 0 Å². The SMILES string of the molecule is C[C@@H](CO)CC1=CCCC1. The van der Waals surface area contributed by atoms with Crippen molar-refractivity contribution in [2.75, 3.05) is 6.61 Å². The summed E-state index contributed by atoms with van der Waals surface area (Å²) in [6.07, 6.45) is 7.29. The van der Waals surface area contributed by atoms with Gasteiger partial charge in [-0.2, -0.15) is 0 Å². The normalized spacial score (nSPS) is 20.8. The summed E-state index contributed by atoms with van der Waals surface area (Å²) in [7, 11) is 0. The summed E-state index contributed by atoms with van der Waals surface area (Å²) < 4.78 is 0. The molecule has 1 aliphatic carbocycles. The van der Waals surface area contributed by atoms with Crippen LogP contribution in [-0.4, -0.2) is 11.7 Å². The Morgan fingerprint density at radius 3 is 3.00 bits per heavy atom. The molecule has 0 unspecified atom stereocenters. The summed E-state index contributed by atoms with van der Waals surface area (Å²) in [4.78, 5) is 0. The zero-order valence-electron chi connectivity index (χ0n) is 6.64. The first-order valence-corrected chi connectivity index (χ1v) is 4.11. The van der Waals surface area contributed by atoms with Crippen molar-refractivity contribution in [3.63, 3.8) is 0 Å². The van der Waals surface area contributed by atoms with Crippen LogP contribution in [0.2, 0.25) is 0 Å². The minimum absolute atomic E-state index is 0.331. The molecule has 0 amide bonds. The Labute approximate surface area is 62.8 Å². The molecular weight excluding hydrogens is 124 g/mol. The van der Waals surface area contributed by atoms with Gasteiger partial charge in [-0.05, 0) is 31.6 Å². The van der Waals surface area contributed by atoms with Crippen molar-refractivity contribution >= 4 is 0 Å². The molecule has 0 aromatic heterocycles. The lowest BCUT2D eigenvalue weighted by Gasteiger charge is -2.07. The van der Waals surface area contributed by atoms with Crippen LogP contribution in [0.3, 0.4) is 0 Å². The van der Waals surface area contributed by atoms with Crippen LogP contribution in [0, 0.1) is 5.92 Å². The van der Waals surface area contributed by atoms with Gasteiger partial charge >= 0.3 is 0 Å². The molecule has 1 heteroatoms. The number of aliphatic hydroxyl groups excluding tert-OH is 1. The van der Waals surface area contributed by atoms with Crippen LogP contribution in [0.5, 0.6) is 0 Å². The molecule has 1 rings (SSSR count). The Bertz CT molecular complexity index is 127. The van der Waals surface area contributed by atoms with Crippen LogP contribution in [0.4, 0.5) is 0 Å². The van der Waals surface area contributed by atoms with Crippen molar-refractivity contribution in [1.29, 1.82) is 0 Å². The molecule has 1 aliphatic rings. The van der Waals surface area contributed by atoms with Crippen LogP contribution in [0.1, 0.15) is 32.6 Å². The van der Waals surface area contributed by atoms with Crippen molar-refractivity contribution in [3.8, 4) is 0 Å². The summed E-state index contributed by atoms with van der Waals surface area (Å²) in [6, 6.07) is 0. The third kappa shape index (κ3) is 2.14. The fraction of sp³-hybridized carbons (Fsp3) is 0.778. The van der Waals surface area contributed by atoms with E-state index in [2.05, 4.69) is 13.0 Å². The van der Waals surface area contributed by atoms with E-state index in [1.807, 2.05) is 0 Å². The lowest BCUT2D eigenvalue weighted by atomic mass is 10.0. The Morgan fingerprint density at radius 2 is 2.50 bits per heavy atom. The van der Waals surface area contributed by atoms with E-state index < -0.39 is 0 Å². The molecule has 1 N–H and O–H groups in total. The van der Waals surface area contributed by atoms with Gasteiger partial charge in [0.2, 0.25) is 0 Å². The van der Waals surface area contributed by atoms with Crippen LogP contribution in [0.25, 0.3) is 0 Å². The minimum Gasteiger partial charge on any atom is -0.396 e. The molecule has 58 valence electrons. The average molecular weight is 140 g/mol. The van der Waals surface area contributed by atoms with E-state index in [-0.39, 0.29) is 0 Å². The topological polar surface area (TPSA) is 20.2 Å². The van der Waals surface area contributed by atoms with Crippen LogP contribution in [-0.2, 0) is 0 Å². The maximum Gasteiger partial charge on any atom is 0.0459 e. The zero-order valence-corrected chi connectivity index (χ0v) is 6.64. The summed E-state index contributed by atoms with van der Waals surface area (Å²) in [5.41, 5.74) is 1.56. The molecule has 0 saturated carbocycles. The van der Waals surface area contributed by atoms with Crippen LogP contribution >= 0.6 is 0 Å². The van der Waals surface area contributed by atoms with Gasteiger partial charge in [-0.15, -0.1) is 0 Å². The third-order valence-corrected chi connectivity index (χ3v) is 2.06. The largest absolute Gasteiger partial charge is 0.396 e. The molecular formula is C9H16O. The van der Waals surface area contributed by atoms with E-state index in [1.165, 1.54) is 19.3 Å². The first kappa shape index (κ1) is 7.80. The second-order valence-electron chi connectivity index (χ2n) is 3.25. The van der Waals surface area contributed by atoms with Crippen LogP contribution in [0.15, 0.2) is 11.6 Å². The van der Waals surface area contributed by atoms with E-state index in [1.54, 1.807) is 5.57 Å². The Hall–Kier alpha value is -0.300. The van der Waals surface area contributed by atoms with Gasteiger partial charge in [-0.1, -0.05) is 18.6 Å². The predicted molar refractivity (Wildman–Crippen MR) is 42.8 cm³/mol. The molecule has 1 atom stereocenters. The highest BCUT2D eigenvalue weighted by molar-refractivity contribution is 5.07. The second kappa shape index (κ2) is 3.77. The van der Waals surface area contributed by atoms with Gasteiger partial charge in [0.1, 0.15) is 0 Å². The van der Waals surface area contributed by atoms with E-state index in [4.69, 9.17) is 5.11 Å². The highest BCUT2D eigenvalue weighted by Crippen LogP contribution is 2.23. The summed E-state index contributed by atoms with van der Waals surface area (Å²) >= 11 is 0. The molecule has 0 saturated heterocycles. The number of rotatable bonds is 3. The van der Waals surface area contributed by atoms with Crippen molar-refractivity contribution < 1.29 is 5.11 Å². The van der Waals surface area contributed by atoms with E-state index in [0.717, 1.165) is 6.42 Å². The molecule has 1 nitrogen and oxygen atoms in total. The Morgan fingerprint density at radius 1 is 1.70 bits per heavy atom. The molecule has 0 aromatic rings. The lowest BCUT2D eigenvalue weighted by Crippen LogP contribution is -2.00. The smallest absolute Gasteiger partial charge is 0.0459 e. The average Bonchev–Trinajstić information content (AvgIpc) is 2.40. The summed E-state index contributed by atoms with van der Waals surface area (Å²) in [5, 5.41) is 8.77. The molecule has 0 aliphatic heterocycles. The second-order valence-corrected chi connectivity index (χ2v) is 3.25. The summed E-state index contributed by atoms with van der Waals surface area (Å²) in [5.74, 6) is 0.462. The van der Waals surface area contributed by atoms with Gasteiger partial charge < -0.3 is 5.11 Å². The number of hydrogen-bond acceptors (Lipinski definition) is 1. The maximum atomic E-state index is 8.77. The molecule has 0 bridgehead atoms. The van der Waals surface area contributed by atoms with Gasteiger partial charge in [-0.3, -0.25) is 0 Å². The zero-order chi connectivity index (χ0) is 7.40. The van der Waals surface area contributed by atoms with Gasteiger partial charge in [0.05, 0.1) is 0 Å². The van der Waals surface area contributed by atoms with E-state index in [0.29, 0.717) is 12.5 Å². The van der Waals surface area contributed by atoms with Crippen molar-refractivity contribution in [2.45, 2.75) is 32.6 Å². The highest BCUT2D eigenvalue weighted by Gasteiger charge is 2.07. The lowest BCUT2D eigenvalue weighted by molar-refractivity contribution is 0.236. The van der Waals surface area contributed by atoms with Gasteiger partial charge in [0, 0.05) is 6.61 Å². The van der Waals surface area contributed by atoms with Crippen molar-refractivity contribution in [3.05, 3.63) is 11.6 Å². The molecule has 10 heavy (non-hydrogen) atoms. The number of hydrogen-bond donors (Lipinski definition) is 1. The highest BCUT2D eigenvalue weighted by atomic mass is 16.3. The predicted octanol–water partition coefficient (Wildman–Crippen LogP) is 2.12. The molecule has 0 aromatic carbocycles. The number of aliphatic hydroxyl groups is 1. The molecule has 0 radical (unpaired) electrons. The van der Waals surface area contributed by atoms with Crippen molar-refractivity contribution in [2.24, 2.45) is 5.92 Å². The molecule has 0 heterocycles. The first-order chi connectivity index (χ1) is 4.83. The fourth-order valence-corrected chi connectivity index (χ4v) is 1.43. The minimum atomic E-state index is 0.331. The Kier molecular flexibility index (Phi) is 2.94. The molecule has 0 spiro atoms. The van der Waals surface area contributed by atoms with Gasteiger partial charge in [0.15, 0.2) is 0 Å².